The fourth-order valence-corrected chi connectivity index (χ4v) is 4.56. The third kappa shape index (κ3) is 3.56. The largest absolute Gasteiger partial charge is 0.423 e. The molecule has 1 saturated carbocycles. The van der Waals surface area contributed by atoms with E-state index in [0.29, 0.717) is 11.8 Å². The van der Waals surface area contributed by atoms with Crippen LogP contribution >= 0.6 is 0 Å². The van der Waals surface area contributed by atoms with E-state index in [0.717, 1.165) is 64.8 Å². The summed E-state index contributed by atoms with van der Waals surface area (Å²) in [4.78, 5) is 13.2. The van der Waals surface area contributed by atoms with Gasteiger partial charge >= 0.3 is 0 Å². The van der Waals surface area contributed by atoms with Crippen molar-refractivity contribution in [2.24, 2.45) is 5.73 Å². The molecule has 0 amide bonds. The molecule has 9 heteroatoms. The quantitative estimate of drug-likeness (QED) is 0.374. The molecule has 0 atom stereocenters. The second-order valence-electron chi connectivity index (χ2n) is 8.51. The van der Waals surface area contributed by atoms with Crippen molar-refractivity contribution in [3.05, 3.63) is 54.9 Å². The fourth-order valence-electron chi connectivity index (χ4n) is 4.56. The van der Waals surface area contributed by atoms with Gasteiger partial charge in [0.05, 0.1) is 11.4 Å². The minimum Gasteiger partial charge on any atom is -0.423 e. The molecule has 0 unspecified atom stereocenters. The zero-order chi connectivity index (χ0) is 22.4. The van der Waals surface area contributed by atoms with Crippen LogP contribution in [0.25, 0.3) is 33.4 Å². The normalized spacial score (nSPS) is 18.7. The van der Waals surface area contributed by atoms with E-state index in [4.69, 9.17) is 21.0 Å². The molecule has 5 N–H and O–H groups in total. The lowest BCUT2D eigenvalue weighted by Gasteiger charge is -2.26. The molecule has 33 heavy (non-hydrogen) atoms. The highest BCUT2D eigenvalue weighted by molar-refractivity contribution is 5.98. The average molecular weight is 441 g/mol. The van der Waals surface area contributed by atoms with Gasteiger partial charge in [-0.15, -0.1) is 0 Å². The minimum atomic E-state index is 0.260. The number of hydrogen-bond acceptors (Lipinski definition) is 8. The van der Waals surface area contributed by atoms with E-state index in [1.165, 1.54) is 6.33 Å². The van der Waals surface area contributed by atoms with Crippen molar-refractivity contribution in [3.8, 4) is 11.3 Å². The van der Waals surface area contributed by atoms with Crippen molar-refractivity contribution in [1.82, 2.24) is 24.7 Å². The highest BCUT2D eigenvalue weighted by Crippen LogP contribution is 2.36. The first-order valence-corrected chi connectivity index (χ1v) is 11.1. The van der Waals surface area contributed by atoms with Gasteiger partial charge in [0.1, 0.15) is 23.4 Å². The van der Waals surface area contributed by atoms with Gasteiger partial charge in [-0.2, -0.15) is 10.1 Å². The van der Waals surface area contributed by atoms with Crippen molar-refractivity contribution < 1.29 is 4.42 Å². The topological polar surface area (TPSA) is 134 Å². The van der Waals surface area contributed by atoms with E-state index >= 15 is 0 Å². The molecule has 5 aromatic rings. The summed E-state index contributed by atoms with van der Waals surface area (Å²) in [5.74, 6) is 0.433. The Morgan fingerprint density at radius 3 is 2.55 bits per heavy atom. The summed E-state index contributed by atoms with van der Waals surface area (Å²) >= 11 is 0. The van der Waals surface area contributed by atoms with Gasteiger partial charge in [-0.05, 0) is 49.9 Å². The first-order valence-electron chi connectivity index (χ1n) is 11.1. The zero-order valence-corrected chi connectivity index (χ0v) is 18.0. The average Bonchev–Trinajstić information content (AvgIpc) is 3.42. The number of benzene rings is 2. The predicted molar refractivity (Wildman–Crippen MR) is 128 cm³/mol. The van der Waals surface area contributed by atoms with Gasteiger partial charge in [0.15, 0.2) is 11.2 Å². The second kappa shape index (κ2) is 7.86. The van der Waals surface area contributed by atoms with Crippen molar-refractivity contribution in [1.29, 1.82) is 0 Å². The van der Waals surface area contributed by atoms with Gasteiger partial charge in [0.25, 0.3) is 6.01 Å². The predicted octanol–water partition coefficient (Wildman–Crippen LogP) is 4.40. The molecule has 0 aliphatic heterocycles. The number of oxazole rings is 1. The number of hydrogen-bond donors (Lipinski definition) is 3. The molecule has 166 valence electrons. The lowest BCUT2D eigenvalue weighted by molar-refractivity contribution is 0.310. The van der Waals surface area contributed by atoms with E-state index in [9.17, 15) is 0 Å². The van der Waals surface area contributed by atoms with Gasteiger partial charge in [0, 0.05) is 17.3 Å². The first-order chi connectivity index (χ1) is 16.2. The van der Waals surface area contributed by atoms with Crippen LogP contribution in [0.1, 0.15) is 31.7 Å². The van der Waals surface area contributed by atoms with Gasteiger partial charge in [-0.3, -0.25) is 0 Å². The molecule has 0 radical (unpaired) electrons. The van der Waals surface area contributed by atoms with E-state index in [1.807, 2.05) is 53.2 Å². The molecule has 0 bridgehead atoms. The molecule has 2 aromatic carbocycles. The highest BCUT2D eigenvalue weighted by Gasteiger charge is 2.25. The third-order valence-electron chi connectivity index (χ3n) is 6.31. The Morgan fingerprint density at radius 2 is 1.76 bits per heavy atom. The van der Waals surface area contributed by atoms with Crippen molar-refractivity contribution in [2.45, 2.75) is 37.8 Å². The molecular formula is C24H24N8O. The van der Waals surface area contributed by atoms with Crippen LogP contribution in [0.5, 0.6) is 0 Å². The van der Waals surface area contributed by atoms with Gasteiger partial charge in [0.2, 0.25) is 0 Å². The van der Waals surface area contributed by atoms with Gasteiger partial charge < -0.3 is 21.2 Å². The third-order valence-corrected chi connectivity index (χ3v) is 6.31. The van der Waals surface area contributed by atoms with Gasteiger partial charge in [-0.25, -0.2) is 14.6 Å². The molecule has 1 fully saturated rings. The Hall–Kier alpha value is -3.98. The number of rotatable bonds is 4. The summed E-state index contributed by atoms with van der Waals surface area (Å²) in [5, 5.41) is 8.95. The van der Waals surface area contributed by atoms with Crippen LogP contribution in [0.3, 0.4) is 0 Å². The number of nitrogens with two attached hydrogens (primary N) is 2. The van der Waals surface area contributed by atoms with Crippen LogP contribution in [-0.2, 0) is 0 Å². The SMILES string of the molecule is Nc1ncnc2c1c(-c1ccc(Nc3nc4ccccc4o3)cc1)nn2[C@H]1CC[C@@H](N)CC1. The monoisotopic (exact) mass is 440 g/mol. The lowest BCUT2D eigenvalue weighted by atomic mass is 9.92. The second-order valence-corrected chi connectivity index (χ2v) is 8.51. The molecule has 1 aliphatic carbocycles. The maximum atomic E-state index is 6.27. The van der Waals surface area contributed by atoms with E-state index in [-0.39, 0.29) is 12.1 Å². The summed E-state index contributed by atoms with van der Waals surface area (Å²) in [7, 11) is 0. The van der Waals surface area contributed by atoms with E-state index in [1.54, 1.807) is 0 Å². The van der Waals surface area contributed by atoms with Crippen LogP contribution in [0.4, 0.5) is 17.5 Å². The standard InChI is InChI=1S/C24H24N8O/c25-15-7-11-17(12-8-15)32-23-20(22(26)27-13-28-23)21(31-32)14-5-9-16(10-6-14)29-24-30-18-3-1-2-4-19(18)33-24/h1-6,9-10,13,15,17H,7-8,11-12,25H2,(H,29,30)(H2,26,27,28)/t15-,17+. The number of nitrogens with zero attached hydrogens (tertiary/aromatic N) is 5. The molecule has 0 spiro atoms. The number of anilines is 3. The van der Waals surface area contributed by atoms with Crippen molar-refractivity contribution >= 4 is 39.7 Å². The Kier molecular flexibility index (Phi) is 4.69. The first kappa shape index (κ1) is 19.7. The molecule has 3 heterocycles. The van der Waals surface area contributed by atoms with E-state index in [2.05, 4.69) is 20.3 Å². The number of nitrogens with one attached hydrogen (secondary N) is 1. The summed E-state index contributed by atoms with van der Waals surface area (Å²) in [5.41, 5.74) is 17.3. The highest BCUT2D eigenvalue weighted by atomic mass is 16.4. The Morgan fingerprint density at radius 1 is 0.970 bits per heavy atom. The minimum absolute atomic E-state index is 0.260. The summed E-state index contributed by atoms with van der Waals surface area (Å²) in [6.07, 6.45) is 5.43. The number of para-hydroxylation sites is 2. The van der Waals surface area contributed by atoms with E-state index < -0.39 is 0 Å². The summed E-state index contributed by atoms with van der Waals surface area (Å²) in [6, 6.07) is 16.6. The van der Waals surface area contributed by atoms with Crippen LogP contribution in [-0.4, -0.2) is 30.8 Å². The van der Waals surface area contributed by atoms with Crippen LogP contribution in [0.2, 0.25) is 0 Å². The molecule has 3 aromatic heterocycles. The lowest BCUT2D eigenvalue weighted by Crippen LogP contribution is -2.28. The fraction of sp³-hybridized carbons (Fsp3) is 0.250. The van der Waals surface area contributed by atoms with Gasteiger partial charge in [-0.1, -0.05) is 24.3 Å². The number of aromatic nitrogens is 5. The molecule has 1 aliphatic rings. The molecule has 9 nitrogen and oxygen atoms in total. The summed E-state index contributed by atoms with van der Waals surface area (Å²) in [6.45, 7) is 0. The molecule has 6 rings (SSSR count). The Bertz CT molecular complexity index is 1400. The molecule has 0 saturated heterocycles. The number of nitrogen functional groups attached to an aromatic ring is 1. The van der Waals surface area contributed by atoms with Crippen LogP contribution in [0, 0.1) is 0 Å². The van der Waals surface area contributed by atoms with Crippen LogP contribution < -0.4 is 16.8 Å². The smallest absolute Gasteiger partial charge is 0.300 e. The van der Waals surface area contributed by atoms with Crippen molar-refractivity contribution in [2.75, 3.05) is 11.1 Å². The Labute approximate surface area is 189 Å². The maximum absolute atomic E-state index is 6.27. The van der Waals surface area contributed by atoms with Crippen molar-refractivity contribution in [3.63, 3.8) is 0 Å². The zero-order valence-electron chi connectivity index (χ0n) is 18.0. The maximum Gasteiger partial charge on any atom is 0.300 e. The number of fused-ring (bicyclic) bond motifs is 2. The Balaban J connectivity index is 1.33. The summed E-state index contributed by atoms with van der Waals surface area (Å²) < 4.78 is 7.77. The molecular weight excluding hydrogens is 416 g/mol. The van der Waals surface area contributed by atoms with Crippen LogP contribution in [0.15, 0.2) is 59.3 Å².